The van der Waals surface area contributed by atoms with Crippen LogP contribution in [-0.2, 0) is 21.8 Å². The molecule has 0 aliphatic carbocycles. The number of likely N-dealkylation sites (tertiary alicyclic amines) is 1. The zero-order valence-corrected chi connectivity index (χ0v) is 17.2. The number of carbonyl (C=O) groups excluding carboxylic acids is 1. The van der Waals surface area contributed by atoms with E-state index in [1.165, 1.54) is 7.11 Å². The van der Waals surface area contributed by atoms with Gasteiger partial charge in [-0.25, -0.2) is 0 Å². The van der Waals surface area contributed by atoms with E-state index in [1.807, 2.05) is 4.90 Å². The molecule has 0 unspecified atom stereocenters. The minimum atomic E-state index is -4.36. The van der Waals surface area contributed by atoms with E-state index in [-0.39, 0.29) is 24.0 Å². The molecule has 0 saturated carbocycles. The number of ether oxygens (including phenoxy) is 1. The smallest absolute Gasteiger partial charge is 0.417 e. The summed E-state index contributed by atoms with van der Waals surface area (Å²) in [6.07, 6.45) is 0.0528. The van der Waals surface area contributed by atoms with Crippen molar-refractivity contribution in [1.29, 1.82) is 0 Å². The van der Waals surface area contributed by atoms with Gasteiger partial charge < -0.3 is 18.9 Å². The summed E-state index contributed by atoms with van der Waals surface area (Å²) in [5.41, 5.74) is 0.109. The lowest BCUT2D eigenvalue weighted by atomic mass is 10.2. The van der Waals surface area contributed by atoms with Crippen molar-refractivity contribution in [3.8, 4) is 5.75 Å². The minimum Gasteiger partial charge on any atom is -0.484 e. The first-order valence-corrected chi connectivity index (χ1v) is 9.91. The number of nitrogens with zero attached hydrogens (tertiary/aromatic N) is 2. The normalized spacial score (nSPS) is 13.6. The van der Waals surface area contributed by atoms with Crippen LogP contribution in [0.3, 0.4) is 0 Å². The van der Waals surface area contributed by atoms with Gasteiger partial charge in [0, 0.05) is 37.5 Å². The van der Waals surface area contributed by atoms with Crippen LogP contribution >= 0.6 is 12.0 Å². The third-order valence-corrected chi connectivity index (χ3v) is 4.86. The number of pyridine rings is 1. The number of hydrogen-bond acceptors (Lipinski definition) is 6. The molecule has 1 aromatic heterocycles. The standard InChI is InChI=1S/C13H17NO3.C7H6F3NOS/c15-9-11-3-5-12(6-4-11)17-10-13(16)14-7-1-2-8-14;1-12-13-6-4-11-3-2-5(6)7(8,9)10/h3-6,15H,1-2,7-10H2;2-4H,1H3. The molecule has 1 aliphatic rings. The van der Waals surface area contributed by atoms with E-state index in [0.717, 1.165) is 50.0 Å². The van der Waals surface area contributed by atoms with E-state index in [4.69, 9.17) is 9.84 Å². The molecule has 1 amide bonds. The zero-order valence-electron chi connectivity index (χ0n) is 16.4. The molecule has 164 valence electrons. The monoisotopic (exact) mass is 444 g/mol. The molecule has 0 bridgehead atoms. The largest absolute Gasteiger partial charge is 0.484 e. The third kappa shape index (κ3) is 7.51. The van der Waals surface area contributed by atoms with Crippen molar-refractivity contribution in [1.82, 2.24) is 9.88 Å². The first-order chi connectivity index (χ1) is 14.3. The fourth-order valence-corrected chi connectivity index (χ4v) is 3.22. The summed E-state index contributed by atoms with van der Waals surface area (Å²) < 4.78 is 46.8. The number of aliphatic hydroxyl groups is 1. The summed E-state index contributed by atoms with van der Waals surface area (Å²) in [7, 11) is 1.30. The van der Waals surface area contributed by atoms with Crippen molar-refractivity contribution >= 4 is 17.9 Å². The van der Waals surface area contributed by atoms with Gasteiger partial charge in [0.2, 0.25) is 0 Å². The van der Waals surface area contributed by atoms with Gasteiger partial charge >= 0.3 is 6.18 Å². The quantitative estimate of drug-likeness (QED) is 0.681. The van der Waals surface area contributed by atoms with Crippen LogP contribution in [0.2, 0.25) is 0 Å². The minimum absolute atomic E-state index is 0.0208. The van der Waals surface area contributed by atoms with Crippen LogP contribution in [0.4, 0.5) is 13.2 Å². The predicted octanol–water partition coefficient (Wildman–Crippen LogP) is 3.93. The van der Waals surface area contributed by atoms with Crippen molar-refractivity contribution in [2.45, 2.75) is 30.5 Å². The van der Waals surface area contributed by atoms with Gasteiger partial charge in [-0.1, -0.05) is 12.1 Å². The molecule has 30 heavy (non-hydrogen) atoms. The average Bonchev–Trinajstić information content (AvgIpc) is 3.28. The summed E-state index contributed by atoms with van der Waals surface area (Å²) in [4.78, 5) is 17.1. The topological polar surface area (TPSA) is 71.9 Å². The van der Waals surface area contributed by atoms with E-state index in [9.17, 15) is 18.0 Å². The number of benzene rings is 1. The second-order valence-electron chi connectivity index (χ2n) is 6.30. The van der Waals surface area contributed by atoms with E-state index in [1.54, 1.807) is 24.3 Å². The second-order valence-corrected chi connectivity index (χ2v) is 7.24. The molecule has 6 nitrogen and oxygen atoms in total. The van der Waals surface area contributed by atoms with Crippen molar-refractivity contribution < 1.29 is 32.0 Å². The summed E-state index contributed by atoms with van der Waals surface area (Å²) in [5, 5.41) is 8.89. The molecule has 1 aliphatic heterocycles. The number of hydrogen-bond donors (Lipinski definition) is 1. The highest BCUT2D eigenvalue weighted by Crippen LogP contribution is 2.35. The zero-order chi connectivity index (χ0) is 22.0. The highest BCUT2D eigenvalue weighted by atomic mass is 32.2. The lowest BCUT2D eigenvalue weighted by molar-refractivity contribution is -0.140. The fraction of sp³-hybridized carbons (Fsp3) is 0.400. The molecule has 0 radical (unpaired) electrons. The second kappa shape index (κ2) is 11.8. The lowest BCUT2D eigenvalue weighted by Crippen LogP contribution is -2.32. The maximum atomic E-state index is 12.3. The van der Waals surface area contributed by atoms with Crippen molar-refractivity contribution in [3.63, 3.8) is 0 Å². The Kier molecular flexibility index (Phi) is 9.41. The number of aromatic nitrogens is 1. The number of alkyl halides is 3. The maximum absolute atomic E-state index is 12.3. The summed E-state index contributed by atoms with van der Waals surface area (Å²) in [6.45, 7) is 1.82. The maximum Gasteiger partial charge on any atom is 0.417 e. The molecule has 1 saturated heterocycles. The van der Waals surface area contributed by atoms with Gasteiger partial charge in [0.25, 0.3) is 5.91 Å². The fourth-order valence-electron chi connectivity index (χ4n) is 2.66. The first-order valence-electron chi connectivity index (χ1n) is 9.17. The van der Waals surface area contributed by atoms with Crippen molar-refractivity contribution in [3.05, 3.63) is 53.9 Å². The molecule has 2 heterocycles. The van der Waals surface area contributed by atoms with Crippen LogP contribution in [-0.4, -0.2) is 47.7 Å². The molecule has 1 fully saturated rings. The molecular formula is C20H23F3N2O4S. The van der Waals surface area contributed by atoms with E-state index in [0.29, 0.717) is 17.8 Å². The number of carbonyl (C=O) groups is 1. The van der Waals surface area contributed by atoms with Gasteiger partial charge in [0.15, 0.2) is 6.61 Å². The Bertz CT molecular complexity index is 797. The van der Waals surface area contributed by atoms with Crippen LogP contribution < -0.4 is 4.74 Å². The Hall–Kier alpha value is -2.30. The number of halogens is 3. The van der Waals surface area contributed by atoms with Gasteiger partial charge in [0.05, 0.1) is 24.2 Å². The molecule has 0 atom stereocenters. The van der Waals surface area contributed by atoms with Gasteiger partial charge in [-0.3, -0.25) is 9.78 Å². The van der Waals surface area contributed by atoms with Crippen LogP contribution in [0.1, 0.15) is 24.0 Å². The third-order valence-electron chi connectivity index (χ3n) is 4.19. The van der Waals surface area contributed by atoms with Crippen molar-refractivity contribution in [2.75, 3.05) is 26.8 Å². The van der Waals surface area contributed by atoms with Gasteiger partial charge in [-0.15, -0.1) is 0 Å². The molecule has 1 N–H and O–H groups in total. The molecule has 3 rings (SSSR count). The molecule has 2 aromatic rings. The summed E-state index contributed by atoms with van der Waals surface area (Å²) >= 11 is 0.646. The van der Waals surface area contributed by atoms with Crippen LogP contribution in [0.25, 0.3) is 0 Å². The van der Waals surface area contributed by atoms with E-state index < -0.39 is 11.7 Å². The molecular weight excluding hydrogens is 421 g/mol. The Labute approximate surface area is 177 Å². The Morgan fingerprint density at radius 2 is 1.87 bits per heavy atom. The van der Waals surface area contributed by atoms with Crippen LogP contribution in [0, 0.1) is 0 Å². The Morgan fingerprint density at radius 3 is 2.43 bits per heavy atom. The molecule has 10 heteroatoms. The summed E-state index contributed by atoms with van der Waals surface area (Å²) in [5.74, 6) is 0.712. The first kappa shape index (κ1) is 24.0. The molecule has 1 aromatic carbocycles. The SMILES string of the molecule is COSc1cnccc1C(F)(F)F.O=C(COc1ccc(CO)cc1)N1CCCC1. The molecule has 0 spiro atoms. The highest BCUT2D eigenvalue weighted by molar-refractivity contribution is 7.94. The van der Waals surface area contributed by atoms with E-state index in [2.05, 4.69) is 9.17 Å². The Morgan fingerprint density at radius 1 is 1.20 bits per heavy atom. The highest BCUT2D eigenvalue weighted by Gasteiger charge is 2.33. The van der Waals surface area contributed by atoms with Gasteiger partial charge in [-0.2, -0.15) is 13.2 Å². The predicted molar refractivity (Wildman–Crippen MR) is 106 cm³/mol. The van der Waals surface area contributed by atoms with Gasteiger partial charge in [-0.05, 0) is 36.6 Å². The van der Waals surface area contributed by atoms with Crippen molar-refractivity contribution in [2.24, 2.45) is 0 Å². The van der Waals surface area contributed by atoms with Gasteiger partial charge in [0.1, 0.15) is 5.75 Å². The van der Waals surface area contributed by atoms with E-state index >= 15 is 0 Å². The number of amides is 1. The summed E-state index contributed by atoms with van der Waals surface area (Å²) in [6, 6.07) is 8.03. The van der Waals surface area contributed by atoms with Crippen LogP contribution in [0.15, 0.2) is 47.6 Å². The average molecular weight is 444 g/mol. The van der Waals surface area contributed by atoms with Crippen LogP contribution in [0.5, 0.6) is 5.75 Å². The lowest BCUT2D eigenvalue weighted by Gasteiger charge is -2.15. The number of aliphatic hydroxyl groups excluding tert-OH is 1. The Balaban J connectivity index is 0.000000222. The number of rotatable bonds is 6.